The topological polar surface area (TPSA) is 101 Å². The zero-order valence-corrected chi connectivity index (χ0v) is 10.7. The maximum absolute atomic E-state index is 11.4. The molecular weight excluding hydrogens is 220 g/mol. The van der Waals surface area contributed by atoms with E-state index in [1.54, 1.807) is 0 Å². The number of rotatable bonds is 9. The maximum Gasteiger partial charge on any atom is 0.237 e. The quantitative estimate of drug-likeness (QED) is 0.454. The van der Waals surface area contributed by atoms with Crippen molar-refractivity contribution >= 4 is 11.8 Å². The van der Waals surface area contributed by atoms with E-state index in [0.717, 1.165) is 26.1 Å². The first-order valence-electron chi connectivity index (χ1n) is 6.05. The SMILES string of the molecule is CCN(CC)CCCNC(=O)C(N)CC(N)=O. The summed E-state index contributed by atoms with van der Waals surface area (Å²) in [7, 11) is 0. The highest BCUT2D eigenvalue weighted by molar-refractivity contribution is 5.87. The number of nitrogens with zero attached hydrogens (tertiary/aromatic N) is 1. The van der Waals surface area contributed by atoms with E-state index in [-0.39, 0.29) is 12.3 Å². The fraction of sp³-hybridized carbons (Fsp3) is 0.818. The minimum Gasteiger partial charge on any atom is -0.370 e. The van der Waals surface area contributed by atoms with Crippen LogP contribution in [0.3, 0.4) is 0 Å². The van der Waals surface area contributed by atoms with E-state index >= 15 is 0 Å². The molecule has 1 unspecified atom stereocenters. The van der Waals surface area contributed by atoms with Crippen LogP contribution in [-0.4, -0.2) is 48.9 Å². The van der Waals surface area contributed by atoms with Gasteiger partial charge in [0.05, 0.1) is 12.5 Å². The molecular formula is C11H24N4O2. The van der Waals surface area contributed by atoms with Gasteiger partial charge in [0.15, 0.2) is 0 Å². The molecule has 0 radical (unpaired) electrons. The van der Waals surface area contributed by atoms with Crippen molar-refractivity contribution in [2.75, 3.05) is 26.2 Å². The third-order valence-corrected chi connectivity index (χ3v) is 2.60. The first-order chi connectivity index (χ1) is 8.01. The van der Waals surface area contributed by atoms with Crippen molar-refractivity contribution in [3.05, 3.63) is 0 Å². The van der Waals surface area contributed by atoms with Gasteiger partial charge in [-0.05, 0) is 26.1 Å². The van der Waals surface area contributed by atoms with E-state index in [9.17, 15) is 9.59 Å². The maximum atomic E-state index is 11.4. The van der Waals surface area contributed by atoms with Crippen LogP contribution in [0.1, 0.15) is 26.7 Å². The molecule has 1 atom stereocenters. The minimum absolute atomic E-state index is 0.109. The summed E-state index contributed by atoms with van der Waals surface area (Å²) in [6, 6.07) is -0.832. The minimum atomic E-state index is -0.832. The van der Waals surface area contributed by atoms with E-state index in [2.05, 4.69) is 24.1 Å². The molecule has 0 aromatic carbocycles. The Morgan fingerprint density at radius 3 is 2.35 bits per heavy atom. The van der Waals surface area contributed by atoms with Crippen LogP contribution >= 0.6 is 0 Å². The first-order valence-corrected chi connectivity index (χ1v) is 6.05. The number of carbonyl (C=O) groups excluding carboxylic acids is 2. The van der Waals surface area contributed by atoms with Gasteiger partial charge in [-0.2, -0.15) is 0 Å². The lowest BCUT2D eigenvalue weighted by Gasteiger charge is -2.18. The lowest BCUT2D eigenvalue weighted by atomic mass is 10.2. The Bertz CT molecular complexity index is 242. The highest BCUT2D eigenvalue weighted by atomic mass is 16.2. The number of carbonyl (C=O) groups is 2. The van der Waals surface area contributed by atoms with Gasteiger partial charge in [0.2, 0.25) is 11.8 Å². The van der Waals surface area contributed by atoms with Crippen molar-refractivity contribution in [2.45, 2.75) is 32.7 Å². The van der Waals surface area contributed by atoms with Crippen molar-refractivity contribution in [1.29, 1.82) is 0 Å². The summed E-state index contributed by atoms with van der Waals surface area (Å²) in [6.07, 6.45) is 0.762. The van der Waals surface area contributed by atoms with Gasteiger partial charge in [0.1, 0.15) is 0 Å². The number of nitrogens with two attached hydrogens (primary N) is 2. The molecule has 0 saturated heterocycles. The Labute approximate surface area is 103 Å². The second-order valence-electron chi connectivity index (χ2n) is 3.95. The van der Waals surface area contributed by atoms with Crippen LogP contribution in [0.4, 0.5) is 0 Å². The number of nitrogens with one attached hydrogen (secondary N) is 1. The Kier molecular flexibility index (Phi) is 8.35. The molecule has 0 aliphatic rings. The molecule has 0 aromatic rings. The van der Waals surface area contributed by atoms with Gasteiger partial charge in [-0.1, -0.05) is 13.8 Å². The first kappa shape index (κ1) is 15.9. The van der Waals surface area contributed by atoms with Crippen molar-refractivity contribution in [1.82, 2.24) is 10.2 Å². The lowest BCUT2D eigenvalue weighted by Crippen LogP contribution is -2.43. The van der Waals surface area contributed by atoms with Gasteiger partial charge in [0, 0.05) is 6.54 Å². The van der Waals surface area contributed by atoms with E-state index in [0.29, 0.717) is 6.54 Å². The second-order valence-corrected chi connectivity index (χ2v) is 3.95. The number of primary amides is 1. The summed E-state index contributed by atoms with van der Waals surface area (Å²) in [6.45, 7) is 7.73. The lowest BCUT2D eigenvalue weighted by molar-refractivity contribution is -0.126. The highest BCUT2D eigenvalue weighted by Gasteiger charge is 2.14. The van der Waals surface area contributed by atoms with Crippen LogP contribution in [0.25, 0.3) is 0 Å². The zero-order chi connectivity index (χ0) is 13.3. The fourth-order valence-corrected chi connectivity index (χ4v) is 1.49. The molecule has 100 valence electrons. The summed E-state index contributed by atoms with van der Waals surface area (Å²) in [4.78, 5) is 24.2. The summed E-state index contributed by atoms with van der Waals surface area (Å²) in [5.41, 5.74) is 10.4. The molecule has 2 amide bonds. The molecule has 0 aliphatic carbocycles. The van der Waals surface area contributed by atoms with E-state index < -0.39 is 11.9 Å². The molecule has 0 saturated carbocycles. The summed E-state index contributed by atoms with van der Waals surface area (Å²) in [5.74, 6) is -0.876. The Morgan fingerprint density at radius 1 is 1.29 bits per heavy atom. The predicted molar refractivity (Wildman–Crippen MR) is 67.2 cm³/mol. The molecule has 0 aliphatic heterocycles. The smallest absolute Gasteiger partial charge is 0.237 e. The molecule has 0 spiro atoms. The third kappa shape index (κ3) is 7.70. The van der Waals surface area contributed by atoms with Crippen molar-refractivity contribution in [3.63, 3.8) is 0 Å². The number of hydrogen-bond acceptors (Lipinski definition) is 4. The molecule has 0 aromatic heterocycles. The standard InChI is InChI=1S/C11H24N4O2/c1-3-15(4-2)7-5-6-14-11(17)9(12)8-10(13)16/h9H,3-8,12H2,1-2H3,(H2,13,16)(H,14,17). The number of hydrogen-bond donors (Lipinski definition) is 3. The number of amides is 2. The zero-order valence-electron chi connectivity index (χ0n) is 10.7. The Morgan fingerprint density at radius 2 is 1.88 bits per heavy atom. The normalized spacial score (nSPS) is 12.5. The highest BCUT2D eigenvalue weighted by Crippen LogP contribution is 1.91. The summed E-state index contributed by atoms with van der Waals surface area (Å²) >= 11 is 0. The molecule has 0 bridgehead atoms. The van der Waals surface area contributed by atoms with Crippen LogP contribution < -0.4 is 16.8 Å². The van der Waals surface area contributed by atoms with Gasteiger partial charge in [0.25, 0.3) is 0 Å². The van der Waals surface area contributed by atoms with Gasteiger partial charge in [-0.15, -0.1) is 0 Å². The van der Waals surface area contributed by atoms with Gasteiger partial charge < -0.3 is 21.7 Å². The fourth-order valence-electron chi connectivity index (χ4n) is 1.49. The molecule has 0 fully saturated rings. The Balaban J connectivity index is 3.67. The Hall–Kier alpha value is -1.14. The van der Waals surface area contributed by atoms with Crippen LogP contribution in [-0.2, 0) is 9.59 Å². The average Bonchev–Trinajstić information content (AvgIpc) is 2.28. The molecule has 0 heterocycles. The van der Waals surface area contributed by atoms with E-state index in [1.807, 2.05) is 0 Å². The molecule has 6 nitrogen and oxygen atoms in total. The van der Waals surface area contributed by atoms with Gasteiger partial charge >= 0.3 is 0 Å². The summed E-state index contributed by atoms with van der Waals surface area (Å²) < 4.78 is 0. The summed E-state index contributed by atoms with van der Waals surface area (Å²) in [5, 5.41) is 2.69. The second kappa shape index (κ2) is 8.95. The van der Waals surface area contributed by atoms with E-state index in [1.165, 1.54) is 0 Å². The van der Waals surface area contributed by atoms with Crippen LogP contribution in [0.5, 0.6) is 0 Å². The third-order valence-electron chi connectivity index (χ3n) is 2.60. The van der Waals surface area contributed by atoms with Gasteiger partial charge in [-0.25, -0.2) is 0 Å². The largest absolute Gasteiger partial charge is 0.370 e. The molecule has 6 heteroatoms. The van der Waals surface area contributed by atoms with Crippen molar-refractivity contribution < 1.29 is 9.59 Å². The van der Waals surface area contributed by atoms with Crippen LogP contribution in [0.2, 0.25) is 0 Å². The average molecular weight is 244 g/mol. The molecule has 0 rings (SSSR count). The van der Waals surface area contributed by atoms with Crippen LogP contribution in [0, 0.1) is 0 Å². The van der Waals surface area contributed by atoms with Crippen LogP contribution in [0.15, 0.2) is 0 Å². The van der Waals surface area contributed by atoms with Gasteiger partial charge in [-0.3, -0.25) is 9.59 Å². The monoisotopic (exact) mass is 244 g/mol. The predicted octanol–water partition coefficient (Wildman–Crippen LogP) is -0.963. The van der Waals surface area contributed by atoms with Crippen molar-refractivity contribution in [2.24, 2.45) is 11.5 Å². The molecule has 17 heavy (non-hydrogen) atoms. The van der Waals surface area contributed by atoms with Crippen molar-refractivity contribution in [3.8, 4) is 0 Å². The van der Waals surface area contributed by atoms with E-state index in [4.69, 9.17) is 11.5 Å². The molecule has 5 N–H and O–H groups in total.